The van der Waals surface area contributed by atoms with E-state index in [-0.39, 0.29) is 27.6 Å². The summed E-state index contributed by atoms with van der Waals surface area (Å²) in [7, 11) is -3.94. The Morgan fingerprint density at radius 3 is 2.26 bits per heavy atom. The highest BCUT2D eigenvalue weighted by Crippen LogP contribution is 2.27. The van der Waals surface area contributed by atoms with Crippen LogP contribution in [0.3, 0.4) is 0 Å². The van der Waals surface area contributed by atoms with Gasteiger partial charge in [-0.15, -0.1) is 0 Å². The topological polar surface area (TPSA) is 119 Å². The summed E-state index contributed by atoms with van der Waals surface area (Å²) in [6, 6.07) is 11.2. The second kappa shape index (κ2) is 10.0. The second-order valence-corrected chi connectivity index (χ2v) is 11.1. The highest BCUT2D eigenvalue weighted by molar-refractivity contribution is 7.92. The van der Waals surface area contributed by atoms with Crippen molar-refractivity contribution < 1.29 is 23.1 Å². The molecule has 10 heteroatoms. The van der Waals surface area contributed by atoms with Crippen LogP contribution in [0.4, 0.5) is 11.4 Å². The summed E-state index contributed by atoms with van der Waals surface area (Å²) in [5.74, 6) is -1.25. The predicted octanol–water partition coefficient (Wildman–Crippen LogP) is 2.53. The lowest BCUT2D eigenvalue weighted by atomic mass is 10.1. The number of benzene rings is 2. The van der Waals surface area contributed by atoms with Gasteiger partial charge >= 0.3 is 5.97 Å². The van der Waals surface area contributed by atoms with Gasteiger partial charge in [0, 0.05) is 37.4 Å². The molecule has 0 aromatic heterocycles. The van der Waals surface area contributed by atoms with Crippen molar-refractivity contribution in [1.29, 1.82) is 0 Å². The predicted molar refractivity (Wildman–Crippen MR) is 132 cm³/mol. The minimum atomic E-state index is -3.94. The molecule has 1 amide bonds. The van der Waals surface area contributed by atoms with E-state index in [4.69, 9.17) is 0 Å². The first-order chi connectivity index (χ1) is 15.9. The number of nitrogens with zero attached hydrogens (tertiary/aromatic N) is 2. The third kappa shape index (κ3) is 6.48. The van der Waals surface area contributed by atoms with Crippen LogP contribution in [0.15, 0.2) is 47.4 Å². The Balaban J connectivity index is 1.71. The fraction of sp³-hybridized carbons (Fsp3) is 0.417. The van der Waals surface area contributed by atoms with Crippen molar-refractivity contribution in [2.75, 3.05) is 42.3 Å². The molecule has 0 atom stereocenters. The standard InChI is InChI=1S/C24H32N4O5S/c1-17-7-5-6-8-21(17)34(32,33)26-20-10-9-18(15-19(20)23(30)31)28-13-11-27(12-14-28)16-22(29)25-24(2,3)4/h5-10,15,26H,11-14,16H2,1-4H3,(H,25,29)(H,30,31). The fourth-order valence-corrected chi connectivity index (χ4v) is 5.20. The molecule has 0 unspecified atom stereocenters. The average Bonchev–Trinajstić information content (AvgIpc) is 2.73. The van der Waals surface area contributed by atoms with E-state index in [1.165, 1.54) is 18.2 Å². The zero-order valence-electron chi connectivity index (χ0n) is 20.0. The van der Waals surface area contributed by atoms with Gasteiger partial charge < -0.3 is 15.3 Å². The molecule has 3 N–H and O–H groups in total. The number of aryl methyl sites for hydroxylation is 1. The molecule has 184 valence electrons. The van der Waals surface area contributed by atoms with Crippen LogP contribution in [0, 0.1) is 6.92 Å². The maximum absolute atomic E-state index is 12.8. The first kappa shape index (κ1) is 25.5. The Morgan fingerprint density at radius 2 is 1.68 bits per heavy atom. The van der Waals surface area contributed by atoms with Gasteiger partial charge in [-0.3, -0.25) is 14.4 Å². The molecule has 1 heterocycles. The number of nitrogens with one attached hydrogen (secondary N) is 2. The van der Waals surface area contributed by atoms with Crippen LogP contribution in [0.5, 0.6) is 0 Å². The summed E-state index contributed by atoms with van der Waals surface area (Å²) in [5.41, 5.74) is 0.862. The number of amides is 1. The van der Waals surface area contributed by atoms with Crippen LogP contribution in [-0.4, -0.2) is 68.6 Å². The van der Waals surface area contributed by atoms with Crippen molar-refractivity contribution >= 4 is 33.3 Å². The molecule has 9 nitrogen and oxygen atoms in total. The Labute approximate surface area is 200 Å². The number of carboxylic acids is 1. The number of hydrogen-bond acceptors (Lipinski definition) is 6. The van der Waals surface area contributed by atoms with Gasteiger partial charge in [-0.05, 0) is 57.5 Å². The number of piperazine rings is 1. The first-order valence-electron chi connectivity index (χ1n) is 11.1. The van der Waals surface area contributed by atoms with Crippen LogP contribution in [0.1, 0.15) is 36.7 Å². The molecule has 34 heavy (non-hydrogen) atoms. The molecular formula is C24H32N4O5S. The maximum Gasteiger partial charge on any atom is 0.337 e. The van der Waals surface area contributed by atoms with Crippen LogP contribution in [-0.2, 0) is 14.8 Å². The Bertz CT molecular complexity index is 1170. The number of aromatic carboxylic acids is 1. The van der Waals surface area contributed by atoms with Crippen molar-refractivity contribution in [3.63, 3.8) is 0 Å². The normalized spacial score (nSPS) is 15.1. The lowest BCUT2D eigenvalue weighted by Gasteiger charge is -2.36. The van der Waals surface area contributed by atoms with Crippen molar-refractivity contribution in [2.45, 2.75) is 38.1 Å². The van der Waals surface area contributed by atoms with Gasteiger partial charge in [-0.2, -0.15) is 0 Å². The van der Waals surface area contributed by atoms with E-state index in [9.17, 15) is 23.1 Å². The van der Waals surface area contributed by atoms with Crippen molar-refractivity contribution in [1.82, 2.24) is 10.2 Å². The van der Waals surface area contributed by atoms with Crippen molar-refractivity contribution in [3.8, 4) is 0 Å². The highest BCUT2D eigenvalue weighted by Gasteiger charge is 2.24. The van der Waals surface area contributed by atoms with Gasteiger partial charge in [0.2, 0.25) is 5.91 Å². The Morgan fingerprint density at radius 1 is 1.03 bits per heavy atom. The number of sulfonamides is 1. The summed E-state index contributed by atoms with van der Waals surface area (Å²) < 4.78 is 28.1. The van der Waals surface area contributed by atoms with Gasteiger partial charge in [0.05, 0.1) is 22.7 Å². The van der Waals surface area contributed by atoms with E-state index in [1.54, 1.807) is 31.2 Å². The lowest BCUT2D eigenvalue weighted by molar-refractivity contribution is -0.123. The largest absolute Gasteiger partial charge is 0.478 e. The fourth-order valence-electron chi connectivity index (χ4n) is 3.88. The monoisotopic (exact) mass is 488 g/mol. The summed E-state index contributed by atoms with van der Waals surface area (Å²) in [6.45, 7) is 10.4. The highest BCUT2D eigenvalue weighted by atomic mass is 32.2. The third-order valence-electron chi connectivity index (χ3n) is 5.48. The van der Waals surface area contributed by atoms with Gasteiger partial charge in [0.15, 0.2) is 0 Å². The van der Waals surface area contributed by atoms with Gasteiger partial charge in [-0.1, -0.05) is 18.2 Å². The average molecular weight is 489 g/mol. The van der Waals surface area contributed by atoms with E-state index in [1.807, 2.05) is 25.7 Å². The molecule has 1 fully saturated rings. The van der Waals surface area contributed by atoms with E-state index < -0.39 is 16.0 Å². The molecule has 0 aliphatic carbocycles. The molecule has 1 aliphatic heterocycles. The number of hydrogen-bond donors (Lipinski definition) is 3. The van der Waals surface area contributed by atoms with Crippen molar-refractivity contribution in [3.05, 3.63) is 53.6 Å². The van der Waals surface area contributed by atoms with Crippen LogP contribution < -0.4 is 14.9 Å². The van der Waals surface area contributed by atoms with Crippen LogP contribution in [0.2, 0.25) is 0 Å². The summed E-state index contributed by atoms with van der Waals surface area (Å²) >= 11 is 0. The molecule has 0 spiro atoms. The molecule has 2 aromatic rings. The molecular weight excluding hydrogens is 456 g/mol. The molecule has 1 saturated heterocycles. The van der Waals surface area contributed by atoms with E-state index in [2.05, 4.69) is 14.9 Å². The van der Waals surface area contributed by atoms with E-state index >= 15 is 0 Å². The maximum atomic E-state index is 12.8. The zero-order valence-corrected chi connectivity index (χ0v) is 20.8. The van der Waals surface area contributed by atoms with Gasteiger partial charge in [0.1, 0.15) is 0 Å². The number of carbonyl (C=O) groups is 2. The first-order valence-corrected chi connectivity index (χ1v) is 12.6. The number of carboxylic acid groups (broad SMARTS) is 1. The van der Waals surface area contributed by atoms with E-state index in [0.29, 0.717) is 44.0 Å². The molecule has 0 radical (unpaired) electrons. The lowest BCUT2D eigenvalue weighted by Crippen LogP contribution is -2.51. The third-order valence-corrected chi connectivity index (χ3v) is 7.01. The summed E-state index contributed by atoms with van der Waals surface area (Å²) in [4.78, 5) is 28.3. The van der Waals surface area contributed by atoms with E-state index in [0.717, 1.165) is 0 Å². The van der Waals surface area contributed by atoms with Crippen LogP contribution >= 0.6 is 0 Å². The molecule has 1 aliphatic rings. The molecule has 0 saturated carbocycles. The van der Waals surface area contributed by atoms with Crippen molar-refractivity contribution in [2.24, 2.45) is 0 Å². The quantitative estimate of drug-likeness (QED) is 0.548. The van der Waals surface area contributed by atoms with Gasteiger partial charge in [0.25, 0.3) is 10.0 Å². The number of rotatable bonds is 7. The minimum absolute atomic E-state index is 0.0111. The van der Waals surface area contributed by atoms with Gasteiger partial charge in [-0.25, -0.2) is 13.2 Å². The second-order valence-electron chi connectivity index (χ2n) is 9.47. The van der Waals surface area contributed by atoms with Crippen LogP contribution in [0.25, 0.3) is 0 Å². The Hall–Kier alpha value is -3.11. The number of carbonyl (C=O) groups excluding carboxylic acids is 1. The summed E-state index contributed by atoms with van der Waals surface area (Å²) in [6.07, 6.45) is 0. The SMILES string of the molecule is Cc1ccccc1S(=O)(=O)Nc1ccc(N2CCN(CC(=O)NC(C)(C)C)CC2)cc1C(=O)O. The molecule has 0 bridgehead atoms. The Kier molecular flexibility index (Phi) is 7.52. The zero-order chi connectivity index (χ0) is 25.1. The minimum Gasteiger partial charge on any atom is -0.478 e. The number of anilines is 2. The smallest absolute Gasteiger partial charge is 0.337 e. The summed E-state index contributed by atoms with van der Waals surface area (Å²) in [5, 5.41) is 12.7. The molecule has 3 rings (SSSR count). The molecule has 2 aromatic carbocycles.